The van der Waals surface area contributed by atoms with E-state index in [4.69, 9.17) is 5.11 Å². The van der Waals surface area contributed by atoms with E-state index in [0.29, 0.717) is 12.2 Å². The van der Waals surface area contributed by atoms with Crippen molar-refractivity contribution in [3.63, 3.8) is 0 Å². The van der Waals surface area contributed by atoms with Crippen LogP contribution in [0.5, 0.6) is 0 Å². The lowest BCUT2D eigenvalue weighted by molar-refractivity contribution is 0.276. The van der Waals surface area contributed by atoms with Crippen LogP contribution in [0.3, 0.4) is 0 Å². The summed E-state index contributed by atoms with van der Waals surface area (Å²) in [6.45, 7) is 2.15. The monoisotopic (exact) mass is 221 g/mol. The summed E-state index contributed by atoms with van der Waals surface area (Å²) in [4.78, 5) is 0. The van der Waals surface area contributed by atoms with Crippen molar-refractivity contribution in [3.05, 3.63) is 47.0 Å². The Hall–Kier alpha value is -1.75. The third kappa shape index (κ3) is 2.09. The predicted octanol–water partition coefficient (Wildman–Crippen LogP) is 1.27. The number of benzene rings is 1. The fourth-order valence-electron chi connectivity index (χ4n) is 1.50. The Labute approximate surface area is 92.3 Å². The quantitative estimate of drug-likeness (QED) is 0.849. The molecule has 0 aliphatic heterocycles. The van der Waals surface area contributed by atoms with Crippen molar-refractivity contribution < 1.29 is 9.50 Å². The van der Waals surface area contributed by atoms with Crippen LogP contribution in [0.1, 0.15) is 17.0 Å². The first-order chi connectivity index (χ1) is 7.70. The molecule has 1 heterocycles. The highest BCUT2D eigenvalue weighted by Gasteiger charge is 2.07. The van der Waals surface area contributed by atoms with Crippen LogP contribution in [-0.4, -0.2) is 20.1 Å². The summed E-state index contributed by atoms with van der Waals surface area (Å²) in [5.74, 6) is -0.266. The zero-order valence-electron chi connectivity index (χ0n) is 8.89. The SMILES string of the molecule is Cc1c(CO)nnn1Cc1cccc(F)c1. The first-order valence-electron chi connectivity index (χ1n) is 4.95. The maximum atomic E-state index is 13.0. The smallest absolute Gasteiger partial charge is 0.123 e. The molecule has 84 valence electrons. The van der Waals surface area contributed by atoms with Gasteiger partial charge in [0, 0.05) is 0 Å². The van der Waals surface area contributed by atoms with Gasteiger partial charge in [0.2, 0.25) is 0 Å². The Kier molecular flexibility index (Phi) is 2.96. The topological polar surface area (TPSA) is 50.9 Å². The van der Waals surface area contributed by atoms with E-state index in [2.05, 4.69) is 10.3 Å². The molecule has 0 aliphatic carbocycles. The Morgan fingerprint density at radius 2 is 2.25 bits per heavy atom. The molecule has 2 rings (SSSR count). The van der Waals surface area contributed by atoms with Gasteiger partial charge in [-0.2, -0.15) is 0 Å². The van der Waals surface area contributed by atoms with Crippen LogP contribution < -0.4 is 0 Å². The summed E-state index contributed by atoms with van der Waals surface area (Å²) in [5.41, 5.74) is 2.17. The molecule has 0 atom stereocenters. The highest BCUT2D eigenvalue weighted by Crippen LogP contribution is 2.09. The number of rotatable bonds is 3. The van der Waals surface area contributed by atoms with Gasteiger partial charge in [-0.15, -0.1) is 5.10 Å². The van der Waals surface area contributed by atoms with E-state index in [1.54, 1.807) is 10.7 Å². The molecular weight excluding hydrogens is 209 g/mol. The second-order valence-corrected chi connectivity index (χ2v) is 3.57. The number of aromatic nitrogens is 3. The molecular formula is C11H12FN3O. The van der Waals surface area contributed by atoms with Crippen LogP contribution in [0.2, 0.25) is 0 Å². The van der Waals surface area contributed by atoms with Crippen molar-refractivity contribution in [1.29, 1.82) is 0 Å². The number of halogens is 1. The fraction of sp³-hybridized carbons (Fsp3) is 0.273. The molecule has 0 radical (unpaired) electrons. The second kappa shape index (κ2) is 4.40. The number of hydrogen-bond acceptors (Lipinski definition) is 3. The Morgan fingerprint density at radius 3 is 2.88 bits per heavy atom. The van der Waals surface area contributed by atoms with E-state index in [1.807, 2.05) is 13.0 Å². The molecule has 0 amide bonds. The molecule has 1 aromatic heterocycles. The largest absolute Gasteiger partial charge is 0.390 e. The van der Waals surface area contributed by atoms with Gasteiger partial charge in [0.1, 0.15) is 11.5 Å². The van der Waals surface area contributed by atoms with Gasteiger partial charge in [0.05, 0.1) is 18.8 Å². The molecule has 16 heavy (non-hydrogen) atoms. The second-order valence-electron chi connectivity index (χ2n) is 3.57. The molecule has 0 saturated heterocycles. The van der Waals surface area contributed by atoms with Gasteiger partial charge in [-0.25, -0.2) is 9.07 Å². The van der Waals surface area contributed by atoms with Crippen LogP contribution >= 0.6 is 0 Å². The van der Waals surface area contributed by atoms with Crippen LogP contribution in [0.4, 0.5) is 4.39 Å². The van der Waals surface area contributed by atoms with Gasteiger partial charge in [0.25, 0.3) is 0 Å². The lowest BCUT2D eigenvalue weighted by Crippen LogP contribution is -2.04. The van der Waals surface area contributed by atoms with E-state index >= 15 is 0 Å². The van der Waals surface area contributed by atoms with Gasteiger partial charge in [-0.05, 0) is 24.6 Å². The lowest BCUT2D eigenvalue weighted by atomic mass is 10.2. The highest BCUT2D eigenvalue weighted by molar-refractivity contribution is 5.17. The maximum absolute atomic E-state index is 13.0. The number of aliphatic hydroxyl groups is 1. The fourth-order valence-corrected chi connectivity index (χ4v) is 1.50. The van der Waals surface area contributed by atoms with Crippen molar-refractivity contribution in [2.24, 2.45) is 0 Å². The zero-order chi connectivity index (χ0) is 11.5. The summed E-state index contributed by atoms with van der Waals surface area (Å²) in [6.07, 6.45) is 0. The third-order valence-electron chi connectivity index (χ3n) is 2.45. The lowest BCUT2D eigenvalue weighted by Gasteiger charge is -2.03. The molecule has 0 spiro atoms. The summed E-state index contributed by atoms with van der Waals surface area (Å²) < 4.78 is 14.6. The Balaban J connectivity index is 2.24. The normalized spacial score (nSPS) is 10.7. The number of hydrogen-bond donors (Lipinski definition) is 1. The van der Waals surface area contributed by atoms with Gasteiger partial charge in [0.15, 0.2) is 0 Å². The summed E-state index contributed by atoms with van der Waals surface area (Å²) in [7, 11) is 0. The Bertz CT molecular complexity index is 496. The standard InChI is InChI=1S/C11H12FN3O/c1-8-11(7-16)13-14-15(8)6-9-3-2-4-10(12)5-9/h2-5,16H,6-7H2,1H3. The average Bonchev–Trinajstić information content (AvgIpc) is 2.60. The van der Waals surface area contributed by atoms with Crippen molar-refractivity contribution in [1.82, 2.24) is 15.0 Å². The van der Waals surface area contributed by atoms with Gasteiger partial charge >= 0.3 is 0 Å². The third-order valence-corrected chi connectivity index (χ3v) is 2.45. The van der Waals surface area contributed by atoms with Crippen molar-refractivity contribution in [2.75, 3.05) is 0 Å². The molecule has 4 nitrogen and oxygen atoms in total. The molecule has 0 saturated carbocycles. The van der Waals surface area contributed by atoms with E-state index in [0.717, 1.165) is 11.3 Å². The van der Waals surface area contributed by atoms with E-state index in [9.17, 15) is 4.39 Å². The van der Waals surface area contributed by atoms with Crippen LogP contribution in [0, 0.1) is 12.7 Å². The van der Waals surface area contributed by atoms with Gasteiger partial charge in [-0.3, -0.25) is 0 Å². The molecule has 1 aromatic carbocycles. The minimum Gasteiger partial charge on any atom is -0.390 e. The average molecular weight is 221 g/mol. The summed E-state index contributed by atoms with van der Waals surface area (Å²) >= 11 is 0. The van der Waals surface area contributed by atoms with E-state index in [1.165, 1.54) is 12.1 Å². The van der Waals surface area contributed by atoms with E-state index < -0.39 is 0 Å². The predicted molar refractivity (Wildman–Crippen MR) is 56.2 cm³/mol. The minimum atomic E-state index is -0.266. The molecule has 0 fully saturated rings. The molecule has 0 unspecified atom stereocenters. The Morgan fingerprint density at radius 1 is 1.44 bits per heavy atom. The summed E-state index contributed by atoms with van der Waals surface area (Å²) in [6, 6.07) is 6.34. The first kappa shape index (κ1) is 10.8. The maximum Gasteiger partial charge on any atom is 0.123 e. The summed E-state index contributed by atoms with van der Waals surface area (Å²) in [5, 5.41) is 16.7. The molecule has 5 heteroatoms. The number of aliphatic hydroxyl groups excluding tert-OH is 1. The van der Waals surface area contributed by atoms with Gasteiger partial charge in [-0.1, -0.05) is 17.3 Å². The van der Waals surface area contributed by atoms with Crippen molar-refractivity contribution >= 4 is 0 Å². The minimum absolute atomic E-state index is 0.130. The molecule has 2 aromatic rings. The number of nitrogens with zero attached hydrogens (tertiary/aromatic N) is 3. The van der Waals surface area contributed by atoms with Crippen LogP contribution in [-0.2, 0) is 13.2 Å². The van der Waals surface area contributed by atoms with Crippen LogP contribution in [0.25, 0.3) is 0 Å². The molecule has 0 bridgehead atoms. The zero-order valence-corrected chi connectivity index (χ0v) is 8.89. The highest BCUT2D eigenvalue weighted by atomic mass is 19.1. The van der Waals surface area contributed by atoms with Crippen molar-refractivity contribution in [3.8, 4) is 0 Å². The van der Waals surface area contributed by atoms with Gasteiger partial charge < -0.3 is 5.11 Å². The molecule has 1 N–H and O–H groups in total. The van der Waals surface area contributed by atoms with E-state index in [-0.39, 0.29) is 12.4 Å². The van der Waals surface area contributed by atoms with Crippen LogP contribution in [0.15, 0.2) is 24.3 Å². The molecule has 0 aliphatic rings. The first-order valence-corrected chi connectivity index (χ1v) is 4.95. The van der Waals surface area contributed by atoms with Crippen molar-refractivity contribution in [2.45, 2.75) is 20.1 Å².